The summed E-state index contributed by atoms with van der Waals surface area (Å²) < 4.78 is 10.4. The van der Waals surface area contributed by atoms with Crippen LogP contribution in [0.3, 0.4) is 0 Å². The van der Waals surface area contributed by atoms with E-state index in [2.05, 4.69) is 6.92 Å². The maximum absolute atomic E-state index is 8.60. The first-order valence-electron chi connectivity index (χ1n) is 4.51. The summed E-state index contributed by atoms with van der Waals surface area (Å²) in [5.41, 5.74) is 0. The molecule has 1 fully saturated rings. The third-order valence-corrected chi connectivity index (χ3v) is 2.50. The van der Waals surface area contributed by atoms with Gasteiger partial charge in [-0.25, -0.2) is 0 Å². The largest absolute Gasteiger partial charge is 0.381 e. The second-order valence-corrected chi connectivity index (χ2v) is 3.59. The Morgan fingerprint density at radius 3 is 2.50 bits per heavy atom. The van der Waals surface area contributed by atoms with Crippen LogP contribution < -0.4 is 0 Å². The van der Waals surface area contributed by atoms with E-state index >= 15 is 0 Å². The second-order valence-electron chi connectivity index (χ2n) is 3.59. The predicted molar refractivity (Wildman–Crippen MR) is 45.8 cm³/mol. The second kappa shape index (κ2) is 4.80. The Hall–Kier alpha value is -0.120. The molecule has 0 bridgehead atoms. The lowest BCUT2D eigenvalue weighted by molar-refractivity contribution is -0.0954. The Kier molecular flexibility index (Phi) is 3.98. The molecule has 0 spiro atoms. The van der Waals surface area contributed by atoms with Crippen molar-refractivity contribution >= 4 is 0 Å². The lowest BCUT2D eigenvalue weighted by Gasteiger charge is -2.31. The number of methoxy groups -OCH3 is 1. The highest BCUT2D eigenvalue weighted by atomic mass is 16.6. The minimum absolute atomic E-state index is 0.173. The molecule has 3 unspecified atom stereocenters. The van der Waals surface area contributed by atoms with Crippen molar-refractivity contribution in [3.63, 3.8) is 0 Å². The zero-order chi connectivity index (χ0) is 8.97. The Balaban J connectivity index is 2.34. The monoisotopic (exact) mass is 174 g/mol. The van der Waals surface area contributed by atoms with Crippen LogP contribution in [0, 0.1) is 5.92 Å². The van der Waals surface area contributed by atoms with E-state index in [1.54, 1.807) is 7.11 Å². The van der Waals surface area contributed by atoms with E-state index < -0.39 is 0 Å². The average molecular weight is 174 g/mol. The van der Waals surface area contributed by atoms with Crippen molar-refractivity contribution in [2.24, 2.45) is 5.92 Å². The maximum Gasteiger partial charge on any atom is 0.143 e. The summed E-state index contributed by atoms with van der Waals surface area (Å²) >= 11 is 0. The van der Waals surface area contributed by atoms with Gasteiger partial charge in [0.25, 0.3) is 0 Å². The van der Waals surface area contributed by atoms with Crippen molar-refractivity contribution in [3.8, 4) is 0 Å². The van der Waals surface area contributed by atoms with E-state index in [9.17, 15) is 0 Å². The summed E-state index contributed by atoms with van der Waals surface area (Å²) in [7, 11) is 1.73. The van der Waals surface area contributed by atoms with Crippen molar-refractivity contribution in [1.82, 2.24) is 0 Å². The van der Waals surface area contributed by atoms with E-state index in [1.807, 2.05) is 0 Å². The van der Waals surface area contributed by atoms with Crippen LogP contribution in [0.25, 0.3) is 0 Å². The van der Waals surface area contributed by atoms with Gasteiger partial charge in [0.2, 0.25) is 0 Å². The minimum Gasteiger partial charge on any atom is -0.381 e. The summed E-state index contributed by atoms with van der Waals surface area (Å²) in [4.78, 5) is 0. The molecule has 0 amide bonds. The lowest BCUT2D eigenvalue weighted by atomic mass is 9.86. The van der Waals surface area contributed by atoms with Gasteiger partial charge in [-0.3, -0.25) is 0 Å². The molecule has 3 nitrogen and oxygen atoms in total. The Bertz CT molecular complexity index is 127. The van der Waals surface area contributed by atoms with Crippen LogP contribution in [-0.4, -0.2) is 31.2 Å². The predicted octanol–water partition coefficient (Wildman–Crippen LogP) is 1.16. The zero-order valence-electron chi connectivity index (χ0n) is 7.82. The first-order chi connectivity index (χ1) is 5.76. The first-order valence-corrected chi connectivity index (χ1v) is 4.51. The van der Waals surface area contributed by atoms with E-state index in [0.29, 0.717) is 12.0 Å². The van der Waals surface area contributed by atoms with E-state index in [4.69, 9.17) is 14.6 Å². The zero-order valence-corrected chi connectivity index (χ0v) is 7.82. The summed E-state index contributed by atoms with van der Waals surface area (Å²) in [5.74, 6) is 0.639. The maximum atomic E-state index is 8.60. The van der Waals surface area contributed by atoms with Crippen molar-refractivity contribution in [2.45, 2.75) is 38.4 Å². The van der Waals surface area contributed by atoms with Crippen LogP contribution in [0.1, 0.15) is 26.2 Å². The summed E-state index contributed by atoms with van der Waals surface area (Å²) in [6.45, 7) is 2.02. The highest BCUT2D eigenvalue weighted by Crippen LogP contribution is 2.27. The molecule has 3 atom stereocenters. The summed E-state index contributed by atoms with van der Waals surface area (Å²) in [5, 5.41) is 8.60. The number of hydrogen-bond acceptors (Lipinski definition) is 3. The lowest BCUT2D eigenvalue weighted by Crippen LogP contribution is -2.31. The van der Waals surface area contributed by atoms with Crippen LogP contribution >= 0.6 is 0 Å². The molecule has 0 aliphatic heterocycles. The summed E-state index contributed by atoms with van der Waals surface area (Å²) in [6.07, 6.45) is 3.57. The van der Waals surface area contributed by atoms with Gasteiger partial charge in [0.15, 0.2) is 0 Å². The molecule has 0 saturated heterocycles. The third kappa shape index (κ3) is 2.73. The smallest absolute Gasteiger partial charge is 0.143 e. The molecular weight excluding hydrogens is 156 g/mol. The number of rotatable bonds is 3. The minimum atomic E-state index is -0.173. The van der Waals surface area contributed by atoms with Crippen molar-refractivity contribution in [1.29, 1.82) is 0 Å². The normalized spacial score (nSPS) is 36.8. The SMILES string of the molecule is COC1CC(C)CC(OCO)C1. The van der Waals surface area contributed by atoms with Crippen molar-refractivity contribution in [3.05, 3.63) is 0 Å². The molecule has 1 rings (SSSR count). The number of ether oxygens (including phenoxy) is 2. The quantitative estimate of drug-likeness (QED) is 0.652. The van der Waals surface area contributed by atoms with Gasteiger partial charge >= 0.3 is 0 Å². The molecule has 0 aromatic carbocycles. The highest BCUT2D eigenvalue weighted by molar-refractivity contribution is 4.77. The Morgan fingerprint density at radius 2 is 1.92 bits per heavy atom. The van der Waals surface area contributed by atoms with E-state index in [0.717, 1.165) is 19.3 Å². The Morgan fingerprint density at radius 1 is 1.25 bits per heavy atom. The van der Waals surface area contributed by atoms with Crippen LogP contribution in [-0.2, 0) is 9.47 Å². The first kappa shape index (κ1) is 9.96. The third-order valence-electron chi connectivity index (χ3n) is 2.50. The van der Waals surface area contributed by atoms with Crippen LogP contribution in [0.2, 0.25) is 0 Å². The van der Waals surface area contributed by atoms with Gasteiger partial charge in [-0.2, -0.15) is 0 Å². The molecule has 1 aliphatic carbocycles. The molecule has 1 saturated carbocycles. The standard InChI is InChI=1S/C9H18O3/c1-7-3-8(11-2)5-9(4-7)12-6-10/h7-10H,3-6H2,1-2H3. The molecule has 1 N–H and O–H groups in total. The van der Waals surface area contributed by atoms with Crippen LogP contribution in [0.15, 0.2) is 0 Å². The van der Waals surface area contributed by atoms with Gasteiger partial charge in [-0.1, -0.05) is 6.92 Å². The highest BCUT2D eigenvalue weighted by Gasteiger charge is 2.26. The molecule has 0 radical (unpaired) electrons. The van der Waals surface area contributed by atoms with Gasteiger partial charge < -0.3 is 14.6 Å². The topological polar surface area (TPSA) is 38.7 Å². The molecule has 3 heteroatoms. The molecule has 1 aliphatic rings. The molecule has 0 aromatic rings. The fourth-order valence-electron chi connectivity index (χ4n) is 1.91. The number of aliphatic hydroxyl groups is 1. The molecule has 0 aromatic heterocycles. The van der Waals surface area contributed by atoms with Gasteiger partial charge in [-0.15, -0.1) is 0 Å². The molecule has 12 heavy (non-hydrogen) atoms. The van der Waals surface area contributed by atoms with Gasteiger partial charge in [0.1, 0.15) is 6.79 Å². The fraction of sp³-hybridized carbons (Fsp3) is 1.00. The average Bonchev–Trinajstić information content (AvgIpc) is 2.04. The number of aliphatic hydroxyl groups excluding tert-OH is 1. The van der Waals surface area contributed by atoms with E-state index in [-0.39, 0.29) is 12.9 Å². The Labute approximate surface area is 73.7 Å². The van der Waals surface area contributed by atoms with Gasteiger partial charge in [-0.05, 0) is 25.2 Å². The molecular formula is C9H18O3. The fourth-order valence-corrected chi connectivity index (χ4v) is 1.91. The molecule has 0 heterocycles. The number of hydrogen-bond donors (Lipinski definition) is 1. The van der Waals surface area contributed by atoms with Crippen molar-refractivity contribution < 1.29 is 14.6 Å². The van der Waals surface area contributed by atoms with Crippen LogP contribution in [0.5, 0.6) is 0 Å². The van der Waals surface area contributed by atoms with Crippen LogP contribution in [0.4, 0.5) is 0 Å². The van der Waals surface area contributed by atoms with Gasteiger partial charge in [0.05, 0.1) is 12.2 Å². The van der Waals surface area contributed by atoms with Crippen molar-refractivity contribution in [2.75, 3.05) is 13.9 Å². The van der Waals surface area contributed by atoms with E-state index in [1.165, 1.54) is 0 Å². The summed E-state index contributed by atoms with van der Waals surface area (Å²) in [6, 6.07) is 0. The molecule has 72 valence electrons. The van der Waals surface area contributed by atoms with Gasteiger partial charge in [0, 0.05) is 7.11 Å².